The van der Waals surface area contributed by atoms with Gasteiger partial charge in [0.25, 0.3) is 0 Å². The first kappa shape index (κ1) is 11.1. The number of rotatable bonds is 3. The van der Waals surface area contributed by atoms with Gasteiger partial charge in [-0.2, -0.15) is 0 Å². The van der Waals surface area contributed by atoms with Crippen LogP contribution in [0.2, 0.25) is 0 Å². The van der Waals surface area contributed by atoms with Crippen LogP contribution in [0.15, 0.2) is 29.3 Å². The summed E-state index contributed by atoms with van der Waals surface area (Å²) in [5.41, 5.74) is 1.16. The summed E-state index contributed by atoms with van der Waals surface area (Å²) in [6, 6.07) is 8.00. The van der Waals surface area contributed by atoms with Gasteiger partial charge in [-0.1, -0.05) is 18.2 Å². The standard InChI is InChI=1S/C11H15NOS/c1-9-6-4-5-7-10(9)13-8-11(12-2)14-3/h4-7H,8H2,1-3H3. The first-order chi connectivity index (χ1) is 6.77. The molecule has 0 aliphatic rings. The molecule has 1 rings (SSSR count). The summed E-state index contributed by atoms with van der Waals surface area (Å²) < 4.78 is 5.63. The predicted molar refractivity (Wildman–Crippen MR) is 63.5 cm³/mol. The van der Waals surface area contributed by atoms with Gasteiger partial charge in [0.1, 0.15) is 17.4 Å². The highest BCUT2D eigenvalue weighted by molar-refractivity contribution is 8.13. The molecule has 0 unspecified atom stereocenters. The van der Waals surface area contributed by atoms with E-state index in [9.17, 15) is 0 Å². The van der Waals surface area contributed by atoms with E-state index >= 15 is 0 Å². The zero-order valence-electron chi connectivity index (χ0n) is 8.78. The fourth-order valence-electron chi connectivity index (χ4n) is 1.07. The van der Waals surface area contributed by atoms with E-state index in [1.807, 2.05) is 37.4 Å². The summed E-state index contributed by atoms with van der Waals surface area (Å²) in [4.78, 5) is 4.11. The monoisotopic (exact) mass is 209 g/mol. The van der Waals surface area contributed by atoms with Gasteiger partial charge in [0.15, 0.2) is 0 Å². The Bertz CT molecular complexity index is 323. The third-order valence-corrected chi connectivity index (χ3v) is 2.70. The second-order valence-electron chi connectivity index (χ2n) is 2.88. The second kappa shape index (κ2) is 5.70. The normalized spacial score (nSPS) is 11.5. The van der Waals surface area contributed by atoms with Crippen molar-refractivity contribution in [2.24, 2.45) is 4.99 Å². The molecule has 1 aromatic carbocycles. The fourth-order valence-corrected chi connectivity index (χ4v) is 1.43. The number of hydrogen-bond acceptors (Lipinski definition) is 3. The highest BCUT2D eigenvalue weighted by Gasteiger charge is 2.00. The molecule has 0 radical (unpaired) electrons. The van der Waals surface area contributed by atoms with E-state index in [-0.39, 0.29) is 0 Å². The van der Waals surface area contributed by atoms with E-state index in [0.717, 1.165) is 16.4 Å². The molecule has 0 aliphatic heterocycles. The summed E-state index contributed by atoms with van der Waals surface area (Å²) in [6.07, 6.45) is 2.00. The van der Waals surface area contributed by atoms with Crippen molar-refractivity contribution in [3.8, 4) is 5.75 Å². The van der Waals surface area contributed by atoms with Gasteiger partial charge in [0.2, 0.25) is 0 Å². The van der Waals surface area contributed by atoms with E-state index in [1.54, 1.807) is 18.8 Å². The molecule has 0 atom stereocenters. The maximum absolute atomic E-state index is 5.63. The molecular weight excluding hydrogens is 194 g/mol. The molecule has 0 fully saturated rings. The molecule has 0 amide bonds. The summed E-state index contributed by atoms with van der Waals surface area (Å²) in [5.74, 6) is 0.933. The Balaban J connectivity index is 2.58. The molecule has 0 aromatic heterocycles. The van der Waals surface area contributed by atoms with Crippen molar-refractivity contribution in [2.75, 3.05) is 19.9 Å². The number of aryl methyl sites for hydroxylation is 1. The Hall–Kier alpha value is -0.960. The van der Waals surface area contributed by atoms with Crippen LogP contribution in [0.3, 0.4) is 0 Å². The van der Waals surface area contributed by atoms with Gasteiger partial charge in [-0.05, 0) is 24.8 Å². The maximum atomic E-state index is 5.63. The third kappa shape index (κ3) is 3.07. The lowest BCUT2D eigenvalue weighted by Gasteiger charge is -2.08. The molecule has 0 bridgehead atoms. The zero-order chi connectivity index (χ0) is 10.4. The van der Waals surface area contributed by atoms with Gasteiger partial charge < -0.3 is 4.74 Å². The smallest absolute Gasteiger partial charge is 0.136 e. The quantitative estimate of drug-likeness (QED) is 0.564. The van der Waals surface area contributed by atoms with Gasteiger partial charge >= 0.3 is 0 Å². The average Bonchev–Trinajstić information content (AvgIpc) is 2.22. The molecule has 3 heteroatoms. The van der Waals surface area contributed by atoms with Crippen LogP contribution in [-0.2, 0) is 0 Å². The van der Waals surface area contributed by atoms with Crippen LogP contribution in [0.25, 0.3) is 0 Å². The van der Waals surface area contributed by atoms with Crippen LogP contribution in [0.4, 0.5) is 0 Å². The number of aliphatic imine (C=N–C) groups is 1. The van der Waals surface area contributed by atoms with Gasteiger partial charge in [0, 0.05) is 7.05 Å². The van der Waals surface area contributed by atoms with Gasteiger partial charge in [-0.15, -0.1) is 11.8 Å². The van der Waals surface area contributed by atoms with Gasteiger partial charge in [-0.25, -0.2) is 0 Å². The minimum atomic E-state index is 0.558. The molecular formula is C11H15NOS. The molecule has 0 saturated carbocycles. The van der Waals surface area contributed by atoms with Crippen molar-refractivity contribution in [1.29, 1.82) is 0 Å². The number of thioether (sulfide) groups is 1. The van der Waals surface area contributed by atoms with Crippen LogP contribution >= 0.6 is 11.8 Å². The minimum Gasteiger partial charge on any atom is -0.486 e. The Morgan fingerprint density at radius 3 is 2.71 bits per heavy atom. The van der Waals surface area contributed by atoms with Crippen LogP contribution in [0, 0.1) is 6.92 Å². The predicted octanol–water partition coefficient (Wildman–Crippen LogP) is 2.77. The molecule has 1 aromatic rings. The van der Waals surface area contributed by atoms with E-state index in [1.165, 1.54) is 0 Å². The number of hydrogen-bond donors (Lipinski definition) is 0. The topological polar surface area (TPSA) is 21.6 Å². The Morgan fingerprint density at radius 1 is 1.43 bits per heavy atom. The molecule has 0 saturated heterocycles. The van der Waals surface area contributed by atoms with Gasteiger partial charge in [0.05, 0.1) is 0 Å². The first-order valence-electron chi connectivity index (χ1n) is 4.46. The van der Waals surface area contributed by atoms with E-state index in [0.29, 0.717) is 6.61 Å². The molecule has 0 heterocycles. The SMILES string of the molecule is CN=C(COc1ccccc1C)SC. The van der Waals surface area contributed by atoms with Crippen LogP contribution in [0.1, 0.15) is 5.56 Å². The van der Waals surface area contributed by atoms with Crippen LogP contribution in [-0.4, -0.2) is 25.0 Å². The van der Waals surface area contributed by atoms with Crippen molar-refractivity contribution in [3.63, 3.8) is 0 Å². The second-order valence-corrected chi connectivity index (χ2v) is 3.76. The van der Waals surface area contributed by atoms with Crippen molar-refractivity contribution in [1.82, 2.24) is 0 Å². The van der Waals surface area contributed by atoms with E-state index in [4.69, 9.17) is 4.74 Å². The largest absolute Gasteiger partial charge is 0.486 e. The Kier molecular flexibility index (Phi) is 4.53. The van der Waals surface area contributed by atoms with Crippen molar-refractivity contribution in [2.45, 2.75) is 6.92 Å². The molecule has 2 nitrogen and oxygen atoms in total. The summed E-state index contributed by atoms with van der Waals surface area (Å²) >= 11 is 1.62. The fraction of sp³-hybridized carbons (Fsp3) is 0.364. The average molecular weight is 209 g/mol. The maximum Gasteiger partial charge on any atom is 0.136 e. The summed E-state index contributed by atoms with van der Waals surface area (Å²) in [5, 5.41) is 1.01. The number of ether oxygens (including phenoxy) is 1. The highest BCUT2D eigenvalue weighted by Crippen LogP contribution is 2.16. The summed E-state index contributed by atoms with van der Waals surface area (Å²) in [7, 11) is 1.78. The third-order valence-electron chi connectivity index (χ3n) is 1.93. The molecule has 76 valence electrons. The lowest BCUT2D eigenvalue weighted by Crippen LogP contribution is -2.07. The molecule has 0 aliphatic carbocycles. The van der Waals surface area contributed by atoms with Crippen molar-refractivity contribution < 1.29 is 4.74 Å². The lowest BCUT2D eigenvalue weighted by atomic mass is 10.2. The van der Waals surface area contributed by atoms with Crippen LogP contribution in [0.5, 0.6) is 5.75 Å². The number of nitrogens with zero attached hydrogens (tertiary/aromatic N) is 1. The van der Waals surface area contributed by atoms with Crippen molar-refractivity contribution in [3.05, 3.63) is 29.8 Å². The number of benzene rings is 1. The Labute approximate surface area is 89.4 Å². The molecule has 0 spiro atoms. The highest BCUT2D eigenvalue weighted by atomic mass is 32.2. The number of para-hydroxylation sites is 1. The van der Waals surface area contributed by atoms with Crippen LogP contribution < -0.4 is 4.74 Å². The van der Waals surface area contributed by atoms with Gasteiger partial charge in [-0.3, -0.25) is 4.99 Å². The summed E-state index contributed by atoms with van der Waals surface area (Å²) in [6.45, 7) is 2.60. The molecule has 0 N–H and O–H groups in total. The lowest BCUT2D eigenvalue weighted by molar-refractivity contribution is 0.376. The van der Waals surface area contributed by atoms with Crippen molar-refractivity contribution >= 4 is 16.8 Å². The minimum absolute atomic E-state index is 0.558. The zero-order valence-corrected chi connectivity index (χ0v) is 9.60. The van der Waals surface area contributed by atoms with E-state index in [2.05, 4.69) is 4.99 Å². The Morgan fingerprint density at radius 2 is 2.14 bits per heavy atom. The first-order valence-corrected chi connectivity index (χ1v) is 5.68. The molecule has 14 heavy (non-hydrogen) atoms. The van der Waals surface area contributed by atoms with E-state index < -0.39 is 0 Å².